The van der Waals surface area contributed by atoms with Gasteiger partial charge in [0, 0.05) is 18.0 Å². The first kappa shape index (κ1) is 28.9. The fourth-order valence-corrected chi connectivity index (χ4v) is 6.42. The number of hydrogen-bond donors (Lipinski definition) is 2. The van der Waals surface area contributed by atoms with Crippen LogP contribution in [0, 0.1) is 11.3 Å². The molecule has 1 heterocycles. The number of nitriles is 1. The predicted molar refractivity (Wildman–Crippen MR) is 154 cm³/mol. The topological polar surface area (TPSA) is 116 Å². The molecule has 3 aromatic carbocycles. The molecule has 7 nitrogen and oxygen atoms in total. The summed E-state index contributed by atoms with van der Waals surface area (Å²) in [4.78, 5) is 13.5. The van der Waals surface area contributed by atoms with Crippen LogP contribution >= 0.6 is 0 Å². The van der Waals surface area contributed by atoms with E-state index in [1.54, 1.807) is 18.2 Å². The zero-order chi connectivity index (χ0) is 28.8. The van der Waals surface area contributed by atoms with Crippen molar-refractivity contribution in [1.82, 2.24) is 0 Å². The van der Waals surface area contributed by atoms with E-state index < -0.39 is 27.5 Å². The standard InChI is InChI=1S/C32H34N2O5S/c1-3-18-32(19-17-23-9-6-5-7-10-23)21-29(35)30(31(36)39-32)28(4-2)25-11-8-12-26(20-25)34-40(37,38)27-15-13-24(22-33)14-16-27/h5-16,20,28,34-35H,3-4,17-19,21H2,1-2H3. The summed E-state index contributed by atoms with van der Waals surface area (Å²) < 4.78 is 34.6. The highest BCUT2D eigenvalue weighted by Crippen LogP contribution is 2.42. The second-order valence-corrected chi connectivity index (χ2v) is 11.9. The maximum absolute atomic E-state index is 13.5. The third-order valence-electron chi connectivity index (χ3n) is 7.34. The number of carbonyl (C=O) groups excluding carboxylic acids is 1. The minimum absolute atomic E-state index is 0.0305. The van der Waals surface area contributed by atoms with Crippen LogP contribution in [0.5, 0.6) is 0 Å². The highest BCUT2D eigenvalue weighted by Gasteiger charge is 2.43. The number of ether oxygens (including phenoxy) is 1. The van der Waals surface area contributed by atoms with Crippen LogP contribution in [0.15, 0.2) is 95.1 Å². The van der Waals surface area contributed by atoms with Gasteiger partial charge in [0.2, 0.25) is 0 Å². The van der Waals surface area contributed by atoms with Crippen LogP contribution in [0.1, 0.15) is 68.6 Å². The van der Waals surface area contributed by atoms with E-state index in [4.69, 9.17) is 10.00 Å². The van der Waals surface area contributed by atoms with E-state index in [9.17, 15) is 18.3 Å². The number of aliphatic hydroxyl groups excluding tert-OH is 1. The summed E-state index contributed by atoms with van der Waals surface area (Å²) in [5, 5.41) is 20.2. The number of rotatable bonds is 11. The van der Waals surface area contributed by atoms with Gasteiger partial charge in [-0.3, -0.25) is 4.72 Å². The molecule has 0 saturated carbocycles. The van der Waals surface area contributed by atoms with Gasteiger partial charge in [0.1, 0.15) is 11.4 Å². The third-order valence-corrected chi connectivity index (χ3v) is 8.74. The van der Waals surface area contributed by atoms with Crippen molar-refractivity contribution in [2.75, 3.05) is 4.72 Å². The van der Waals surface area contributed by atoms with Crippen LogP contribution in [0.3, 0.4) is 0 Å². The van der Waals surface area contributed by atoms with Gasteiger partial charge >= 0.3 is 5.97 Å². The number of cyclic esters (lactones) is 1. The molecule has 2 atom stereocenters. The van der Waals surface area contributed by atoms with Crippen LogP contribution in [0.2, 0.25) is 0 Å². The fraction of sp³-hybridized carbons (Fsp3) is 0.312. The average Bonchev–Trinajstić information content (AvgIpc) is 2.94. The van der Waals surface area contributed by atoms with Gasteiger partial charge in [0.05, 0.1) is 22.1 Å². The van der Waals surface area contributed by atoms with Crippen molar-refractivity contribution < 1.29 is 23.1 Å². The first-order valence-corrected chi connectivity index (χ1v) is 15.0. The molecule has 2 N–H and O–H groups in total. The van der Waals surface area contributed by atoms with Gasteiger partial charge < -0.3 is 9.84 Å². The second kappa shape index (κ2) is 12.4. The van der Waals surface area contributed by atoms with Crippen molar-refractivity contribution in [3.05, 3.63) is 107 Å². The van der Waals surface area contributed by atoms with Crippen molar-refractivity contribution in [2.24, 2.45) is 0 Å². The van der Waals surface area contributed by atoms with Gasteiger partial charge in [0.15, 0.2) is 0 Å². The molecule has 1 aliphatic heterocycles. The molecular formula is C32H34N2O5S. The second-order valence-electron chi connectivity index (χ2n) is 10.2. The molecule has 208 valence electrons. The Morgan fingerprint density at radius 2 is 1.75 bits per heavy atom. The monoisotopic (exact) mass is 558 g/mol. The van der Waals surface area contributed by atoms with E-state index in [0.29, 0.717) is 36.1 Å². The molecule has 0 amide bonds. The fourth-order valence-electron chi connectivity index (χ4n) is 5.37. The summed E-state index contributed by atoms with van der Waals surface area (Å²) in [6.07, 6.45) is 3.55. The minimum Gasteiger partial charge on any atom is -0.512 e. The highest BCUT2D eigenvalue weighted by molar-refractivity contribution is 7.92. The Bertz CT molecular complexity index is 1530. The molecule has 4 rings (SSSR count). The number of sulfonamides is 1. The molecule has 0 fully saturated rings. The van der Waals surface area contributed by atoms with E-state index in [-0.39, 0.29) is 22.6 Å². The normalized spacial score (nSPS) is 18.1. The lowest BCUT2D eigenvalue weighted by Gasteiger charge is -2.38. The Balaban J connectivity index is 1.58. The van der Waals surface area contributed by atoms with Gasteiger partial charge in [-0.2, -0.15) is 5.26 Å². The number of nitrogens with zero attached hydrogens (tertiary/aromatic N) is 1. The largest absolute Gasteiger partial charge is 0.512 e. The molecule has 2 unspecified atom stereocenters. The van der Waals surface area contributed by atoms with Crippen LogP contribution in [-0.2, 0) is 26.0 Å². The van der Waals surface area contributed by atoms with E-state index in [1.165, 1.54) is 24.3 Å². The summed E-state index contributed by atoms with van der Waals surface area (Å²) in [6.45, 7) is 3.95. The number of nitrogens with one attached hydrogen (secondary N) is 1. The molecular weight excluding hydrogens is 524 g/mol. The molecule has 0 radical (unpaired) electrons. The maximum atomic E-state index is 13.5. The first-order valence-electron chi connectivity index (χ1n) is 13.5. The molecule has 1 aliphatic rings. The van der Waals surface area contributed by atoms with Crippen molar-refractivity contribution in [3.8, 4) is 6.07 Å². The molecule has 8 heteroatoms. The summed E-state index contributed by atoms with van der Waals surface area (Å²) >= 11 is 0. The molecule has 0 saturated heterocycles. The van der Waals surface area contributed by atoms with E-state index >= 15 is 0 Å². The lowest BCUT2D eigenvalue weighted by molar-refractivity contribution is -0.161. The van der Waals surface area contributed by atoms with E-state index in [2.05, 4.69) is 4.72 Å². The number of benzene rings is 3. The Hall–Kier alpha value is -4.09. The molecule has 0 bridgehead atoms. The van der Waals surface area contributed by atoms with Gasteiger partial charge in [-0.15, -0.1) is 0 Å². The number of carbonyl (C=O) groups is 1. The number of hydrogen-bond acceptors (Lipinski definition) is 6. The molecule has 0 spiro atoms. The van der Waals surface area contributed by atoms with Crippen molar-refractivity contribution in [1.29, 1.82) is 5.26 Å². The quantitative estimate of drug-likeness (QED) is 0.251. The third kappa shape index (κ3) is 6.54. The summed E-state index contributed by atoms with van der Waals surface area (Å²) in [5.41, 5.74) is 1.98. The van der Waals surface area contributed by atoms with Crippen LogP contribution in [0.4, 0.5) is 5.69 Å². The lowest BCUT2D eigenvalue weighted by Crippen LogP contribution is -2.41. The number of anilines is 1. The Labute approximate surface area is 236 Å². The number of aliphatic hydroxyl groups is 1. The first-order chi connectivity index (χ1) is 19.2. The van der Waals surface area contributed by atoms with Crippen molar-refractivity contribution >= 4 is 21.7 Å². The Morgan fingerprint density at radius 3 is 2.38 bits per heavy atom. The van der Waals surface area contributed by atoms with Crippen LogP contribution in [-0.4, -0.2) is 25.1 Å². The van der Waals surface area contributed by atoms with Crippen molar-refractivity contribution in [3.63, 3.8) is 0 Å². The molecule has 0 aromatic heterocycles. The number of aryl methyl sites for hydroxylation is 1. The van der Waals surface area contributed by atoms with Gasteiger partial charge in [-0.25, -0.2) is 13.2 Å². The smallest absolute Gasteiger partial charge is 0.338 e. The molecule has 0 aliphatic carbocycles. The number of esters is 1. The zero-order valence-electron chi connectivity index (χ0n) is 22.8. The summed E-state index contributed by atoms with van der Waals surface area (Å²) in [6, 6.07) is 24.4. The molecule has 3 aromatic rings. The molecule has 40 heavy (non-hydrogen) atoms. The van der Waals surface area contributed by atoms with Gasteiger partial charge in [0.25, 0.3) is 10.0 Å². The van der Waals surface area contributed by atoms with E-state index in [0.717, 1.165) is 18.4 Å². The predicted octanol–water partition coefficient (Wildman–Crippen LogP) is 6.78. The SMILES string of the molecule is CCCC1(CCc2ccccc2)CC(O)=C(C(CC)c2cccc(NS(=O)(=O)c3ccc(C#N)cc3)c2)C(=O)O1. The average molecular weight is 559 g/mol. The van der Waals surface area contributed by atoms with Gasteiger partial charge in [-0.1, -0.05) is 62.7 Å². The zero-order valence-corrected chi connectivity index (χ0v) is 23.6. The highest BCUT2D eigenvalue weighted by atomic mass is 32.2. The Kier molecular flexibility index (Phi) is 8.96. The Morgan fingerprint density at radius 1 is 1.02 bits per heavy atom. The summed E-state index contributed by atoms with van der Waals surface area (Å²) in [7, 11) is -3.90. The summed E-state index contributed by atoms with van der Waals surface area (Å²) in [5.74, 6) is -0.963. The van der Waals surface area contributed by atoms with Crippen molar-refractivity contribution in [2.45, 2.75) is 68.8 Å². The van der Waals surface area contributed by atoms with Crippen LogP contribution in [0.25, 0.3) is 0 Å². The maximum Gasteiger partial charge on any atom is 0.338 e. The van der Waals surface area contributed by atoms with Crippen LogP contribution < -0.4 is 4.72 Å². The lowest BCUT2D eigenvalue weighted by atomic mass is 9.80. The van der Waals surface area contributed by atoms with Gasteiger partial charge in [-0.05, 0) is 73.2 Å². The van der Waals surface area contributed by atoms with E-state index in [1.807, 2.05) is 56.3 Å². The minimum atomic E-state index is -3.90.